The lowest BCUT2D eigenvalue weighted by molar-refractivity contribution is -0.158. The second-order valence-electron chi connectivity index (χ2n) is 6.87. The molecule has 1 heterocycles. The standard InChI is InChI=1S/C18H27NO2/c1-13-5-4-10-18(11-13)12-19-14(2)17(21-18)15-6-8-16(20-3)9-7-15/h6-9,13-14,17,19H,4-5,10-12H2,1-3H3. The summed E-state index contributed by atoms with van der Waals surface area (Å²) in [6.45, 7) is 5.56. The summed E-state index contributed by atoms with van der Waals surface area (Å²) in [6.07, 6.45) is 5.12. The predicted molar refractivity (Wildman–Crippen MR) is 84.6 cm³/mol. The summed E-state index contributed by atoms with van der Waals surface area (Å²) >= 11 is 0. The number of benzene rings is 1. The van der Waals surface area contributed by atoms with Gasteiger partial charge in [0.15, 0.2) is 0 Å². The van der Waals surface area contributed by atoms with Gasteiger partial charge in [-0.1, -0.05) is 31.9 Å². The maximum Gasteiger partial charge on any atom is 0.118 e. The molecule has 2 fully saturated rings. The SMILES string of the molecule is COc1ccc(C2OC3(CCCC(C)C3)CNC2C)cc1. The van der Waals surface area contributed by atoms with Crippen LogP contribution in [0.15, 0.2) is 24.3 Å². The Morgan fingerprint density at radius 3 is 2.67 bits per heavy atom. The largest absolute Gasteiger partial charge is 0.497 e. The first kappa shape index (κ1) is 14.9. The molecule has 1 aromatic carbocycles. The van der Waals surface area contributed by atoms with Crippen molar-refractivity contribution in [3.05, 3.63) is 29.8 Å². The molecule has 1 spiro atoms. The molecule has 116 valence electrons. The fourth-order valence-electron chi connectivity index (χ4n) is 3.90. The third kappa shape index (κ3) is 3.09. The van der Waals surface area contributed by atoms with Gasteiger partial charge in [-0.05, 0) is 43.4 Å². The van der Waals surface area contributed by atoms with Crippen LogP contribution in [0.2, 0.25) is 0 Å². The van der Waals surface area contributed by atoms with Gasteiger partial charge >= 0.3 is 0 Å². The molecule has 4 atom stereocenters. The number of hydrogen-bond acceptors (Lipinski definition) is 3. The maximum absolute atomic E-state index is 6.65. The van der Waals surface area contributed by atoms with E-state index in [2.05, 4.69) is 31.3 Å². The first-order valence-electron chi connectivity index (χ1n) is 8.17. The van der Waals surface area contributed by atoms with Gasteiger partial charge < -0.3 is 14.8 Å². The lowest BCUT2D eigenvalue weighted by atomic mass is 9.77. The Bertz CT molecular complexity index is 473. The number of morpholine rings is 1. The molecule has 3 nitrogen and oxygen atoms in total. The van der Waals surface area contributed by atoms with Gasteiger partial charge in [-0.3, -0.25) is 0 Å². The van der Waals surface area contributed by atoms with E-state index >= 15 is 0 Å². The van der Waals surface area contributed by atoms with E-state index in [1.165, 1.54) is 31.2 Å². The predicted octanol–water partition coefficient (Wildman–Crippen LogP) is 3.69. The number of ether oxygens (including phenoxy) is 2. The molecule has 21 heavy (non-hydrogen) atoms. The first-order valence-corrected chi connectivity index (χ1v) is 8.17. The van der Waals surface area contributed by atoms with E-state index in [-0.39, 0.29) is 11.7 Å². The molecule has 1 saturated heterocycles. The van der Waals surface area contributed by atoms with Gasteiger partial charge in [0.05, 0.1) is 18.8 Å². The lowest BCUT2D eigenvalue weighted by Gasteiger charge is -2.48. The summed E-state index contributed by atoms with van der Waals surface area (Å²) in [7, 11) is 1.70. The van der Waals surface area contributed by atoms with Crippen LogP contribution in [0.4, 0.5) is 0 Å². The number of methoxy groups -OCH3 is 1. The molecule has 0 amide bonds. The number of rotatable bonds is 2. The smallest absolute Gasteiger partial charge is 0.118 e. The van der Waals surface area contributed by atoms with Crippen LogP contribution in [0.3, 0.4) is 0 Å². The molecular weight excluding hydrogens is 262 g/mol. The third-order valence-electron chi connectivity index (χ3n) is 5.07. The summed E-state index contributed by atoms with van der Waals surface area (Å²) in [5, 5.41) is 3.68. The quantitative estimate of drug-likeness (QED) is 0.900. The van der Waals surface area contributed by atoms with Gasteiger partial charge in [-0.15, -0.1) is 0 Å². The van der Waals surface area contributed by atoms with Crippen LogP contribution in [-0.2, 0) is 4.74 Å². The second kappa shape index (κ2) is 5.98. The van der Waals surface area contributed by atoms with Crippen molar-refractivity contribution in [2.24, 2.45) is 5.92 Å². The normalized spacial score (nSPS) is 36.6. The molecule has 0 aromatic heterocycles. The zero-order valence-electron chi connectivity index (χ0n) is 13.4. The van der Waals surface area contributed by atoms with Crippen LogP contribution < -0.4 is 10.1 Å². The molecule has 0 radical (unpaired) electrons. The van der Waals surface area contributed by atoms with Crippen molar-refractivity contribution in [2.45, 2.75) is 57.3 Å². The summed E-state index contributed by atoms with van der Waals surface area (Å²) in [5.41, 5.74) is 1.28. The molecule has 2 aliphatic rings. The van der Waals surface area contributed by atoms with Crippen LogP contribution in [0, 0.1) is 5.92 Å². The Morgan fingerprint density at radius 1 is 1.24 bits per heavy atom. The highest BCUT2D eigenvalue weighted by Gasteiger charge is 2.43. The van der Waals surface area contributed by atoms with Crippen LogP contribution in [-0.4, -0.2) is 25.3 Å². The minimum absolute atomic E-state index is 0.0365. The monoisotopic (exact) mass is 289 g/mol. The molecule has 1 aromatic rings. The Kier molecular flexibility index (Phi) is 4.23. The van der Waals surface area contributed by atoms with Crippen molar-refractivity contribution in [1.82, 2.24) is 5.32 Å². The van der Waals surface area contributed by atoms with Crippen LogP contribution in [0.1, 0.15) is 51.2 Å². The van der Waals surface area contributed by atoms with Crippen LogP contribution in [0.25, 0.3) is 0 Å². The molecule has 1 aliphatic carbocycles. The zero-order valence-corrected chi connectivity index (χ0v) is 13.4. The fourth-order valence-corrected chi connectivity index (χ4v) is 3.90. The number of hydrogen-bond donors (Lipinski definition) is 1. The topological polar surface area (TPSA) is 30.5 Å². The van der Waals surface area contributed by atoms with Gasteiger partial charge in [0.1, 0.15) is 5.75 Å². The number of nitrogens with one attached hydrogen (secondary N) is 1. The van der Waals surface area contributed by atoms with Crippen LogP contribution >= 0.6 is 0 Å². The van der Waals surface area contributed by atoms with Gasteiger partial charge in [0.25, 0.3) is 0 Å². The summed E-state index contributed by atoms with van der Waals surface area (Å²) in [5.74, 6) is 1.67. The molecule has 1 aliphatic heterocycles. The van der Waals surface area contributed by atoms with E-state index in [9.17, 15) is 0 Å². The zero-order chi connectivity index (χ0) is 14.9. The third-order valence-corrected chi connectivity index (χ3v) is 5.07. The molecule has 1 N–H and O–H groups in total. The highest BCUT2D eigenvalue weighted by molar-refractivity contribution is 5.29. The summed E-state index contributed by atoms with van der Waals surface area (Å²) in [4.78, 5) is 0. The maximum atomic E-state index is 6.65. The Balaban J connectivity index is 1.79. The van der Waals surface area contributed by atoms with E-state index in [0.29, 0.717) is 6.04 Å². The minimum atomic E-state index is 0.0365. The molecule has 1 saturated carbocycles. The Hall–Kier alpha value is -1.06. The summed E-state index contributed by atoms with van der Waals surface area (Å²) < 4.78 is 11.9. The van der Waals surface area contributed by atoms with E-state index < -0.39 is 0 Å². The second-order valence-corrected chi connectivity index (χ2v) is 6.87. The van der Waals surface area contributed by atoms with Crippen molar-refractivity contribution in [3.63, 3.8) is 0 Å². The van der Waals surface area contributed by atoms with Crippen molar-refractivity contribution >= 4 is 0 Å². The van der Waals surface area contributed by atoms with Crippen molar-refractivity contribution in [3.8, 4) is 5.75 Å². The average Bonchev–Trinajstić information content (AvgIpc) is 2.50. The van der Waals surface area contributed by atoms with E-state index in [1.807, 2.05) is 12.1 Å². The van der Waals surface area contributed by atoms with Crippen LogP contribution in [0.5, 0.6) is 5.75 Å². The van der Waals surface area contributed by atoms with E-state index in [1.54, 1.807) is 7.11 Å². The Labute approximate surface area is 128 Å². The van der Waals surface area contributed by atoms with E-state index in [0.717, 1.165) is 18.2 Å². The van der Waals surface area contributed by atoms with Crippen molar-refractivity contribution in [2.75, 3.05) is 13.7 Å². The Morgan fingerprint density at radius 2 is 2.00 bits per heavy atom. The van der Waals surface area contributed by atoms with Gasteiger partial charge in [0.2, 0.25) is 0 Å². The highest BCUT2D eigenvalue weighted by atomic mass is 16.5. The molecule has 3 heteroatoms. The van der Waals surface area contributed by atoms with Crippen molar-refractivity contribution < 1.29 is 9.47 Å². The fraction of sp³-hybridized carbons (Fsp3) is 0.667. The van der Waals surface area contributed by atoms with E-state index in [4.69, 9.17) is 9.47 Å². The van der Waals surface area contributed by atoms with Gasteiger partial charge in [-0.25, -0.2) is 0 Å². The van der Waals surface area contributed by atoms with Gasteiger partial charge in [0, 0.05) is 12.6 Å². The molecule has 0 bridgehead atoms. The summed E-state index contributed by atoms with van der Waals surface area (Å²) in [6, 6.07) is 8.66. The van der Waals surface area contributed by atoms with Crippen molar-refractivity contribution in [1.29, 1.82) is 0 Å². The highest BCUT2D eigenvalue weighted by Crippen LogP contribution is 2.41. The minimum Gasteiger partial charge on any atom is -0.497 e. The molecule has 3 rings (SSSR count). The first-order chi connectivity index (χ1) is 10.1. The molecular formula is C18H27NO2. The lowest BCUT2D eigenvalue weighted by Crippen LogP contribution is -2.56. The average molecular weight is 289 g/mol. The molecule has 4 unspecified atom stereocenters. The van der Waals surface area contributed by atoms with Gasteiger partial charge in [-0.2, -0.15) is 0 Å².